The molecule has 5 heteroatoms. The highest BCUT2D eigenvalue weighted by Gasteiger charge is 2.16. The first kappa shape index (κ1) is 19.3. The standard InChI is InChI=1S/C22H24FNO3/c23-22-11-5-4-9-19(22)13-24(15-21-10-6-12-27-21)14-20(25)17-26-16-18-7-2-1-3-8-18/h1-12,20,25H,13-17H2/t20-/m0/s1. The number of nitrogens with zero attached hydrogens (tertiary/aromatic N) is 1. The van der Waals surface area contributed by atoms with Crippen LogP contribution >= 0.6 is 0 Å². The quantitative estimate of drug-likeness (QED) is 0.587. The Hall–Kier alpha value is -2.47. The van der Waals surface area contributed by atoms with Crippen molar-refractivity contribution in [1.82, 2.24) is 4.90 Å². The second-order valence-electron chi connectivity index (χ2n) is 6.49. The summed E-state index contributed by atoms with van der Waals surface area (Å²) in [4.78, 5) is 1.95. The molecule has 1 heterocycles. The highest BCUT2D eigenvalue weighted by molar-refractivity contribution is 5.17. The molecule has 0 radical (unpaired) electrons. The number of benzene rings is 2. The summed E-state index contributed by atoms with van der Waals surface area (Å²) in [5.41, 5.74) is 1.64. The van der Waals surface area contributed by atoms with Crippen molar-refractivity contribution in [2.75, 3.05) is 13.2 Å². The van der Waals surface area contributed by atoms with Crippen LogP contribution in [-0.2, 0) is 24.4 Å². The first-order valence-corrected chi connectivity index (χ1v) is 8.98. The Kier molecular flexibility index (Phi) is 7.16. The zero-order valence-corrected chi connectivity index (χ0v) is 15.1. The van der Waals surface area contributed by atoms with Crippen molar-refractivity contribution in [2.45, 2.75) is 25.8 Å². The Labute approximate surface area is 158 Å². The van der Waals surface area contributed by atoms with Crippen LogP contribution in [0.5, 0.6) is 0 Å². The normalized spacial score (nSPS) is 12.4. The molecule has 27 heavy (non-hydrogen) atoms. The van der Waals surface area contributed by atoms with E-state index in [2.05, 4.69) is 0 Å². The molecule has 3 aromatic rings. The molecule has 0 bridgehead atoms. The maximum atomic E-state index is 14.0. The lowest BCUT2D eigenvalue weighted by atomic mass is 10.2. The molecule has 4 nitrogen and oxygen atoms in total. The van der Waals surface area contributed by atoms with Gasteiger partial charge in [0.2, 0.25) is 0 Å². The Morgan fingerprint density at radius 1 is 0.963 bits per heavy atom. The number of furan rings is 1. The summed E-state index contributed by atoms with van der Waals surface area (Å²) in [6, 6.07) is 20.2. The molecule has 0 aliphatic heterocycles. The van der Waals surface area contributed by atoms with Crippen molar-refractivity contribution in [1.29, 1.82) is 0 Å². The summed E-state index contributed by atoms with van der Waals surface area (Å²) in [5, 5.41) is 10.4. The molecule has 0 saturated carbocycles. The zero-order chi connectivity index (χ0) is 18.9. The Morgan fingerprint density at radius 3 is 2.48 bits per heavy atom. The second-order valence-corrected chi connectivity index (χ2v) is 6.49. The van der Waals surface area contributed by atoms with E-state index in [0.29, 0.717) is 31.8 Å². The summed E-state index contributed by atoms with van der Waals surface area (Å²) >= 11 is 0. The predicted molar refractivity (Wildman–Crippen MR) is 101 cm³/mol. The van der Waals surface area contributed by atoms with Gasteiger partial charge in [0.15, 0.2) is 0 Å². The largest absolute Gasteiger partial charge is 0.468 e. The number of hydrogen-bond donors (Lipinski definition) is 1. The van der Waals surface area contributed by atoms with Gasteiger partial charge in [-0.05, 0) is 23.8 Å². The van der Waals surface area contributed by atoms with Crippen LogP contribution in [0, 0.1) is 5.82 Å². The fourth-order valence-electron chi connectivity index (χ4n) is 2.91. The summed E-state index contributed by atoms with van der Waals surface area (Å²) in [6.07, 6.45) is 0.922. The highest BCUT2D eigenvalue weighted by Crippen LogP contribution is 2.14. The zero-order valence-electron chi connectivity index (χ0n) is 15.1. The maximum Gasteiger partial charge on any atom is 0.127 e. The Morgan fingerprint density at radius 2 is 1.74 bits per heavy atom. The van der Waals surface area contributed by atoms with Crippen molar-refractivity contribution in [3.05, 3.63) is 95.7 Å². The fourth-order valence-corrected chi connectivity index (χ4v) is 2.91. The minimum atomic E-state index is -0.685. The molecule has 0 spiro atoms. The van der Waals surface area contributed by atoms with Gasteiger partial charge >= 0.3 is 0 Å². The summed E-state index contributed by atoms with van der Waals surface area (Å²) in [5.74, 6) is 0.514. The Bertz CT molecular complexity index is 792. The summed E-state index contributed by atoms with van der Waals surface area (Å²) in [7, 11) is 0. The second kappa shape index (κ2) is 10.0. The van der Waals surface area contributed by atoms with Gasteiger partial charge in [-0.25, -0.2) is 4.39 Å². The first-order chi connectivity index (χ1) is 13.2. The third kappa shape index (κ3) is 6.32. The number of hydrogen-bond acceptors (Lipinski definition) is 4. The topological polar surface area (TPSA) is 45.8 Å². The van der Waals surface area contributed by atoms with Crippen LogP contribution in [0.4, 0.5) is 4.39 Å². The van der Waals surface area contributed by atoms with E-state index < -0.39 is 6.10 Å². The maximum absolute atomic E-state index is 14.0. The van der Waals surface area contributed by atoms with Crippen LogP contribution in [0.1, 0.15) is 16.9 Å². The van der Waals surface area contributed by atoms with Gasteiger partial charge in [0.25, 0.3) is 0 Å². The Balaban J connectivity index is 1.55. The molecule has 1 atom stereocenters. The van der Waals surface area contributed by atoms with Gasteiger partial charge in [-0.2, -0.15) is 0 Å². The average molecular weight is 369 g/mol. The van der Waals surface area contributed by atoms with Gasteiger partial charge in [0.05, 0.1) is 32.1 Å². The van der Waals surface area contributed by atoms with Crippen molar-refractivity contribution in [2.24, 2.45) is 0 Å². The van der Waals surface area contributed by atoms with Gasteiger partial charge < -0.3 is 14.3 Å². The molecule has 1 N–H and O–H groups in total. The molecule has 0 aliphatic carbocycles. The van der Waals surface area contributed by atoms with Crippen molar-refractivity contribution >= 4 is 0 Å². The number of rotatable bonds is 10. The van der Waals surface area contributed by atoms with Crippen molar-refractivity contribution in [3.63, 3.8) is 0 Å². The molecular weight excluding hydrogens is 345 g/mol. The predicted octanol–water partition coefficient (Wildman–Crippen LogP) is 4.00. The molecule has 0 aliphatic rings. The number of ether oxygens (including phenoxy) is 1. The molecule has 1 aromatic heterocycles. The van der Waals surface area contributed by atoms with Crippen LogP contribution in [0.15, 0.2) is 77.4 Å². The molecular formula is C22H24FNO3. The average Bonchev–Trinajstić information content (AvgIpc) is 3.17. The molecule has 0 amide bonds. The van der Waals surface area contributed by atoms with Crippen LogP contribution in [0.25, 0.3) is 0 Å². The molecule has 0 unspecified atom stereocenters. The third-order valence-corrected chi connectivity index (χ3v) is 4.20. The van der Waals surface area contributed by atoms with Crippen molar-refractivity contribution < 1.29 is 18.7 Å². The minimum Gasteiger partial charge on any atom is -0.468 e. The highest BCUT2D eigenvalue weighted by atomic mass is 19.1. The van der Waals surface area contributed by atoms with Gasteiger partial charge in [-0.15, -0.1) is 0 Å². The van der Waals surface area contributed by atoms with Crippen LogP contribution in [0.2, 0.25) is 0 Å². The van der Waals surface area contributed by atoms with Crippen molar-refractivity contribution in [3.8, 4) is 0 Å². The lowest BCUT2D eigenvalue weighted by Crippen LogP contribution is -2.34. The van der Waals surface area contributed by atoms with E-state index in [1.165, 1.54) is 6.07 Å². The van der Waals surface area contributed by atoms with E-state index in [9.17, 15) is 9.50 Å². The van der Waals surface area contributed by atoms with Gasteiger partial charge in [-0.3, -0.25) is 4.90 Å². The SMILES string of the molecule is O[C@H](COCc1ccccc1)CN(Cc1ccco1)Cc1ccccc1F. The van der Waals surface area contributed by atoms with E-state index in [1.807, 2.05) is 53.4 Å². The van der Waals surface area contributed by atoms with Crippen LogP contribution < -0.4 is 0 Å². The number of halogens is 1. The van der Waals surface area contributed by atoms with Gasteiger partial charge in [-0.1, -0.05) is 48.5 Å². The smallest absolute Gasteiger partial charge is 0.127 e. The molecule has 0 saturated heterocycles. The lowest BCUT2D eigenvalue weighted by Gasteiger charge is -2.24. The third-order valence-electron chi connectivity index (χ3n) is 4.20. The summed E-state index contributed by atoms with van der Waals surface area (Å²) in [6.45, 7) is 1.87. The molecule has 2 aromatic carbocycles. The fraction of sp³-hybridized carbons (Fsp3) is 0.273. The molecule has 142 valence electrons. The minimum absolute atomic E-state index is 0.209. The van der Waals surface area contributed by atoms with E-state index >= 15 is 0 Å². The van der Waals surface area contributed by atoms with Gasteiger partial charge in [0.1, 0.15) is 11.6 Å². The van der Waals surface area contributed by atoms with E-state index in [4.69, 9.17) is 9.15 Å². The number of aliphatic hydroxyl groups excluding tert-OH is 1. The monoisotopic (exact) mass is 369 g/mol. The lowest BCUT2D eigenvalue weighted by molar-refractivity contribution is 0.00597. The molecule has 3 rings (SSSR count). The van der Waals surface area contributed by atoms with E-state index in [0.717, 1.165) is 11.3 Å². The molecule has 0 fully saturated rings. The summed E-state index contributed by atoms with van der Waals surface area (Å²) < 4.78 is 25.0. The number of aliphatic hydroxyl groups is 1. The van der Waals surface area contributed by atoms with E-state index in [1.54, 1.807) is 18.4 Å². The first-order valence-electron chi connectivity index (χ1n) is 8.98. The van der Waals surface area contributed by atoms with Crippen LogP contribution in [0.3, 0.4) is 0 Å². The van der Waals surface area contributed by atoms with Crippen LogP contribution in [-0.4, -0.2) is 29.3 Å². The van der Waals surface area contributed by atoms with Gasteiger partial charge in [0, 0.05) is 18.7 Å². The van der Waals surface area contributed by atoms with E-state index in [-0.39, 0.29) is 12.4 Å².